The average Bonchev–Trinajstić information content (AvgIpc) is 3.14. The van der Waals surface area contributed by atoms with Gasteiger partial charge in [0.05, 0.1) is 22.6 Å². The first-order valence-electron chi connectivity index (χ1n) is 8.97. The predicted octanol–water partition coefficient (Wildman–Crippen LogP) is -1.64. The van der Waals surface area contributed by atoms with E-state index < -0.39 is 45.8 Å². The maximum Gasteiger partial charge on any atom is 1.00 e. The normalized spacial score (nSPS) is 23.6. The number of carboxylic acid groups (broad SMARTS) is 1. The minimum atomic E-state index is -1.35. The minimum Gasteiger partial charge on any atom is -0.548 e. The largest absolute Gasteiger partial charge is 1.00 e. The van der Waals surface area contributed by atoms with Crippen molar-refractivity contribution in [2.24, 2.45) is 0 Å². The molecular formula is C19H16ClFN3NaO5S. The van der Waals surface area contributed by atoms with Crippen molar-refractivity contribution in [1.82, 2.24) is 15.4 Å². The van der Waals surface area contributed by atoms with Crippen LogP contribution in [-0.4, -0.2) is 50.0 Å². The van der Waals surface area contributed by atoms with Crippen molar-refractivity contribution in [2.45, 2.75) is 43.0 Å². The molecule has 0 spiro atoms. The van der Waals surface area contributed by atoms with E-state index in [9.17, 15) is 23.9 Å². The number of amides is 2. The summed E-state index contributed by atoms with van der Waals surface area (Å²) < 4.78 is 18.7. The number of aromatic nitrogens is 1. The SMILES string of the molecule is Cc1onc(-c2c(F)cccc2Cl)c1C(=O)N[C@@H]1C(=O)N2C(C(=O)[O-])C(C)(C)S[C@H]12.[Na+]. The summed E-state index contributed by atoms with van der Waals surface area (Å²) in [5, 5.41) is 17.4. The van der Waals surface area contributed by atoms with Crippen molar-refractivity contribution in [3.8, 4) is 11.3 Å². The van der Waals surface area contributed by atoms with Crippen LogP contribution in [0.15, 0.2) is 22.7 Å². The molecule has 1 N–H and O–H groups in total. The van der Waals surface area contributed by atoms with Crippen molar-refractivity contribution in [2.75, 3.05) is 0 Å². The molecular weight excluding hydrogens is 460 g/mol. The molecule has 1 unspecified atom stereocenters. The summed E-state index contributed by atoms with van der Waals surface area (Å²) in [6.45, 7) is 4.88. The molecule has 0 aliphatic carbocycles. The second-order valence-corrected chi connectivity index (χ2v) is 9.77. The quantitative estimate of drug-likeness (QED) is 0.416. The van der Waals surface area contributed by atoms with Gasteiger partial charge in [-0.05, 0) is 32.9 Å². The van der Waals surface area contributed by atoms with Crippen LogP contribution in [0.3, 0.4) is 0 Å². The van der Waals surface area contributed by atoms with Gasteiger partial charge in [-0.2, -0.15) is 0 Å². The van der Waals surface area contributed by atoms with Gasteiger partial charge in [-0.1, -0.05) is 22.8 Å². The summed E-state index contributed by atoms with van der Waals surface area (Å²) in [6.07, 6.45) is 0. The Kier molecular flexibility index (Phi) is 6.52. The molecule has 2 saturated heterocycles. The second kappa shape index (κ2) is 8.40. The Bertz CT molecular complexity index is 1070. The molecule has 158 valence electrons. The van der Waals surface area contributed by atoms with E-state index in [1.807, 2.05) is 0 Å². The van der Waals surface area contributed by atoms with Gasteiger partial charge in [-0.25, -0.2) is 4.39 Å². The number of benzene rings is 1. The van der Waals surface area contributed by atoms with Gasteiger partial charge in [0.2, 0.25) is 5.91 Å². The van der Waals surface area contributed by atoms with Gasteiger partial charge < -0.3 is 24.6 Å². The molecule has 12 heteroatoms. The van der Waals surface area contributed by atoms with Gasteiger partial charge in [0.15, 0.2) is 0 Å². The summed E-state index contributed by atoms with van der Waals surface area (Å²) in [4.78, 5) is 38.3. The molecule has 2 fully saturated rings. The molecule has 8 nitrogen and oxygen atoms in total. The van der Waals surface area contributed by atoms with Gasteiger partial charge >= 0.3 is 29.6 Å². The first kappa shape index (κ1) is 24.1. The molecule has 0 radical (unpaired) electrons. The van der Waals surface area contributed by atoms with Crippen molar-refractivity contribution < 1.29 is 58.0 Å². The van der Waals surface area contributed by atoms with Crippen LogP contribution >= 0.6 is 23.4 Å². The number of hydrogen-bond donors (Lipinski definition) is 1. The molecule has 0 saturated carbocycles. The monoisotopic (exact) mass is 475 g/mol. The zero-order chi connectivity index (χ0) is 22.0. The van der Waals surface area contributed by atoms with Gasteiger partial charge in [-0.15, -0.1) is 11.8 Å². The third-order valence-electron chi connectivity index (χ3n) is 5.24. The number of halogens is 2. The number of carbonyl (C=O) groups is 3. The van der Waals surface area contributed by atoms with E-state index in [-0.39, 0.29) is 57.2 Å². The van der Waals surface area contributed by atoms with Crippen molar-refractivity contribution in [1.29, 1.82) is 0 Å². The van der Waals surface area contributed by atoms with Crippen molar-refractivity contribution >= 4 is 41.1 Å². The molecule has 1 aromatic carbocycles. The number of β-lactam (4-membered cyclic amide) rings is 1. The van der Waals surface area contributed by atoms with Crippen LogP contribution in [0.1, 0.15) is 30.0 Å². The van der Waals surface area contributed by atoms with Crippen molar-refractivity contribution in [3.05, 3.63) is 40.4 Å². The molecule has 0 bridgehead atoms. The fraction of sp³-hybridized carbons (Fsp3) is 0.368. The Labute approximate surface area is 208 Å². The van der Waals surface area contributed by atoms with Crippen LogP contribution in [0.2, 0.25) is 5.02 Å². The Morgan fingerprint density at radius 1 is 1.39 bits per heavy atom. The van der Waals surface area contributed by atoms with E-state index in [1.54, 1.807) is 13.8 Å². The molecule has 3 heterocycles. The van der Waals surface area contributed by atoms with Gasteiger partial charge in [0.25, 0.3) is 5.91 Å². The molecule has 2 amide bonds. The topological polar surface area (TPSA) is 116 Å². The Morgan fingerprint density at radius 2 is 2.06 bits per heavy atom. The maximum absolute atomic E-state index is 14.3. The average molecular weight is 476 g/mol. The summed E-state index contributed by atoms with van der Waals surface area (Å²) >= 11 is 7.35. The first-order chi connectivity index (χ1) is 14.0. The molecule has 4 rings (SSSR count). The van der Waals surface area contributed by atoms with Crippen LogP contribution in [0.25, 0.3) is 11.3 Å². The van der Waals surface area contributed by atoms with Crippen LogP contribution in [-0.2, 0) is 9.59 Å². The number of thioether (sulfide) groups is 1. The number of nitrogens with zero attached hydrogens (tertiary/aromatic N) is 2. The van der Waals surface area contributed by atoms with Crippen LogP contribution in [0.5, 0.6) is 0 Å². The predicted molar refractivity (Wildman–Crippen MR) is 104 cm³/mol. The number of aryl methyl sites for hydroxylation is 1. The molecule has 2 aliphatic rings. The Hall–Kier alpha value is -1.59. The number of carbonyl (C=O) groups excluding carboxylic acids is 3. The van der Waals surface area contributed by atoms with E-state index >= 15 is 0 Å². The van der Waals surface area contributed by atoms with E-state index in [0.29, 0.717) is 0 Å². The van der Waals surface area contributed by atoms with E-state index in [2.05, 4.69) is 10.5 Å². The third kappa shape index (κ3) is 3.78. The minimum absolute atomic E-state index is 0. The summed E-state index contributed by atoms with van der Waals surface area (Å²) in [5.41, 5.74) is -0.216. The number of carboxylic acids is 1. The summed E-state index contributed by atoms with van der Waals surface area (Å²) in [6, 6.07) is 2.01. The molecule has 31 heavy (non-hydrogen) atoms. The van der Waals surface area contributed by atoms with Crippen molar-refractivity contribution in [3.63, 3.8) is 0 Å². The summed E-state index contributed by atoms with van der Waals surface area (Å²) in [7, 11) is 0. The number of nitrogens with one attached hydrogen (secondary N) is 1. The van der Waals surface area contributed by atoms with Gasteiger partial charge in [0, 0.05) is 4.75 Å². The number of fused-ring (bicyclic) bond motifs is 1. The number of aliphatic carboxylic acids is 1. The van der Waals surface area contributed by atoms with Crippen LogP contribution in [0.4, 0.5) is 4.39 Å². The number of rotatable bonds is 4. The fourth-order valence-electron chi connectivity index (χ4n) is 3.87. The first-order valence-corrected chi connectivity index (χ1v) is 10.2. The molecule has 2 aliphatic heterocycles. The van der Waals surface area contributed by atoms with Crippen LogP contribution in [0, 0.1) is 12.7 Å². The van der Waals surface area contributed by atoms with Crippen LogP contribution < -0.4 is 40.0 Å². The van der Waals surface area contributed by atoms with E-state index in [1.165, 1.54) is 41.8 Å². The Morgan fingerprint density at radius 3 is 2.68 bits per heavy atom. The zero-order valence-electron chi connectivity index (χ0n) is 17.1. The molecule has 2 aromatic rings. The van der Waals surface area contributed by atoms with E-state index in [0.717, 1.165) is 0 Å². The maximum atomic E-state index is 14.3. The zero-order valence-corrected chi connectivity index (χ0v) is 20.6. The number of hydrogen-bond acceptors (Lipinski definition) is 7. The smallest absolute Gasteiger partial charge is 0.548 e. The summed E-state index contributed by atoms with van der Waals surface area (Å²) in [5.74, 6) is -3.13. The fourth-order valence-corrected chi connectivity index (χ4v) is 5.75. The second-order valence-electron chi connectivity index (χ2n) is 7.59. The Balaban J connectivity index is 0.00000272. The standard InChI is InChI=1S/C19H17ClFN3O5S.Na/c1-7-10(12(23-29-7)11-8(20)5-4-6-9(11)21)15(25)22-13-16(26)24-14(18(27)28)19(2,3)30-17(13)24;/h4-6,13-14,17H,1-3H3,(H,22,25)(H,27,28);/q;+1/p-1/t13-,14?,17-;/m1./s1. The third-order valence-corrected chi connectivity index (χ3v) is 7.13. The van der Waals surface area contributed by atoms with Gasteiger partial charge in [-0.3, -0.25) is 9.59 Å². The molecule has 3 atom stereocenters. The van der Waals surface area contributed by atoms with E-state index in [4.69, 9.17) is 16.1 Å². The van der Waals surface area contributed by atoms with Gasteiger partial charge in [0.1, 0.15) is 34.3 Å². The molecule has 1 aromatic heterocycles.